The number of carbonyl (C=O) groups is 1. The van der Waals surface area contributed by atoms with Crippen LogP contribution in [0.2, 0.25) is 0 Å². The highest BCUT2D eigenvalue weighted by Gasteiger charge is 2.44. The Morgan fingerprint density at radius 3 is 2.61 bits per heavy atom. The molecule has 23 heavy (non-hydrogen) atoms. The van der Waals surface area contributed by atoms with Crippen LogP contribution in [0.3, 0.4) is 0 Å². The number of benzene rings is 1. The van der Waals surface area contributed by atoms with Crippen molar-refractivity contribution >= 4 is 13.4 Å². The van der Waals surface area contributed by atoms with E-state index in [4.69, 9.17) is 13.9 Å². The number of aromatic hydroxyl groups is 1. The highest BCUT2D eigenvalue weighted by molar-refractivity contribution is 7.55. The lowest BCUT2D eigenvalue weighted by atomic mass is 10.0. The fraction of sp³-hybridized carbons (Fsp3) is 0.400. The molecule has 0 amide bonds. The van der Waals surface area contributed by atoms with Gasteiger partial charge in [-0.3, -0.25) is 9.36 Å². The maximum atomic E-state index is 12.9. The van der Waals surface area contributed by atoms with Gasteiger partial charge in [0.2, 0.25) is 0 Å². The molecule has 1 unspecified atom stereocenters. The smallest absolute Gasteiger partial charge is 0.355 e. The summed E-state index contributed by atoms with van der Waals surface area (Å²) in [5.74, 6) is -1.70. The van der Waals surface area contributed by atoms with Crippen LogP contribution >= 0.6 is 7.60 Å². The van der Waals surface area contributed by atoms with Crippen molar-refractivity contribution in [2.24, 2.45) is 0 Å². The summed E-state index contributed by atoms with van der Waals surface area (Å²) in [5, 5.41) is 9.92. The van der Waals surface area contributed by atoms with Crippen molar-refractivity contribution in [2.45, 2.75) is 26.6 Å². The Morgan fingerprint density at radius 1 is 1.35 bits per heavy atom. The molecule has 126 valence electrons. The number of carbonyl (C=O) groups excluding carboxylic acids is 1. The Hall–Kier alpha value is -1.66. The van der Waals surface area contributed by atoms with E-state index >= 15 is 0 Å². The summed E-state index contributed by atoms with van der Waals surface area (Å²) in [6.45, 7) is 5.48. The Balaban J connectivity index is 2.36. The molecule has 1 atom stereocenters. The van der Waals surface area contributed by atoms with Crippen LogP contribution in [0.25, 0.3) is 0 Å². The molecule has 1 aromatic carbocycles. The third-order valence-corrected chi connectivity index (χ3v) is 5.51. The van der Waals surface area contributed by atoms with Crippen LogP contribution in [0.15, 0.2) is 30.0 Å². The van der Waals surface area contributed by atoms with E-state index in [9.17, 15) is 14.5 Å². The summed E-state index contributed by atoms with van der Waals surface area (Å²) in [7, 11) is -3.63. The normalized spacial score (nSPS) is 17.7. The van der Waals surface area contributed by atoms with Gasteiger partial charge >= 0.3 is 7.60 Å². The van der Waals surface area contributed by atoms with Gasteiger partial charge in [-0.1, -0.05) is 11.6 Å². The van der Waals surface area contributed by atoms with Gasteiger partial charge in [0.25, 0.3) is 0 Å². The van der Waals surface area contributed by atoms with Gasteiger partial charge in [0.15, 0.2) is 11.6 Å². The minimum absolute atomic E-state index is 0.0798. The van der Waals surface area contributed by atoms with Gasteiger partial charge in [0.1, 0.15) is 12.0 Å². The molecule has 2 rings (SSSR count). The van der Waals surface area contributed by atoms with Crippen molar-refractivity contribution in [3.05, 3.63) is 41.2 Å². The second kappa shape index (κ2) is 7.27. The largest absolute Gasteiger partial charge is 0.507 e. The molecule has 1 aliphatic rings. The Bertz CT molecular complexity index is 662. The van der Waals surface area contributed by atoms with Crippen LogP contribution in [-0.4, -0.2) is 29.9 Å². The fourth-order valence-electron chi connectivity index (χ4n) is 2.24. The SMILES string of the molecule is CCOP(=O)(OCC)C1NOC=C1C(=O)c1cc(C)ccc1O. The molecule has 1 heterocycles. The van der Waals surface area contributed by atoms with Crippen LogP contribution in [-0.2, 0) is 18.5 Å². The second-order valence-electron chi connectivity index (χ2n) is 4.94. The first-order valence-electron chi connectivity index (χ1n) is 7.27. The number of hydrogen-bond acceptors (Lipinski definition) is 7. The minimum atomic E-state index is -3.63. The average molecular weight is 341 g/mol. The number of hydrogen-bond donors (Lipinski definition) is 2. The molecule has 0 fully saturated rings. The third kappa shape index (κ3) is 3.64. The van der Waals surface area contributed by atoms with Gasteiger partial charge in [-0.25, -0.2) is 0 Å². The predicted molar refractivity (Wildman–Crippen MR) is 84.1 cm³/mol. The van der Waals surface area contributed by atoms with Crippen LogP contribution in [0.1, 0.15) is 29.8 Å². The van der Waals surface area contributed by atoms with Crippen molar-refractivity contribution in [3.8, 4) is 5.75 Å². The second-order valence-corrected chi connectivity index (χ2v) is 7.05. The van der Waals surface area contributed by atoms with E-state index in [1.165, 1.54) is 12.3 Å². The summed E-state index contributed by atoms with van der Waals surface area (Å²) >= 11 is 0. The lowest BCUT2D eigenvalue weighted by Gasteiger charge is -2.23. The van der Waals surface area contributed by atoms with E-state index in [0.717, 1.165) is 5.56 Å². The first-order chi connectivity index (χ1) is 10.9. The summed E-state index contributed by atoms with van der Waals surface area (Å²) < 4.78 is 23.4. The zero-order valence-electron chi connectivity index (χ0n) is 13.2. The van der Waals surface area contributed by atoms with E-state index in [0.29, 0.717) is 0 Å². The first kappa shape index (κ1) is 17.7. The molecule has 1 aliphatic heterocycles. The molecule has 0 bridgehead atoms. The van der Waals surface area contributed by atoms with Crippen LogP contribution in [0.4, 0.5) is 0 Å². The summed E-state index contributed by atoms with van der Waals surface area (Å²) in [4.78, 5) is 17.7. The number of Topliss-reactive ketones (excluding diaryl/α,β-unsaturated/α-hetero) is 1. The standard InChI is InChI=1S/C15H20NO6P/c1-4-21-23(19,22-5-2)15-12(9-20-16-15)14(18)11-8-10(3)6-7-13(11)17/h6-9,15-17H,4-5H2,1-3H3. The maximum Gasteiger partial charge on any atom is 0.355 e. The topological polar surface area (TPSA) is 94.1 Å². The van der Waals surface area contributed by atoms with Crippen LogP contribution in [0.5, 0.6) is 5.75 Å². The number of aryl methyl sites for hydroxylation is 1. The lowest BCUT2D eigenvalue weighted by molar-refractivity contribution is 0.102. The van der Waals surface area contributed by atoms with Crippen LogP contribution in [0, 0.1) is 6.92 Å². The van der Waals surface area contributed by atoms with Gasteiger partial charge in [0, 0.05) is 0 Å². The quantitative estimate of drug-likeness (QED) is 0.582. The predicted octanol–water partition coefficient (Wildman–Crippen LogP) is 2.89. The Labute approximate surface area is 134 Å². The van der Waals surface area contributed by atoms with E-state index in [1.807, 2.05) is 0 Å². The van der Waals surface area contributed by atoms with Crippen LogP contribution < -0.4 is 5.48 Å². The lowest BCUT2D eigenvalue weighted by Crippen LogP contribution is -2.29. The van der Waals surface area contributed by atoms with Crippen molar-refractivity contribution in [1.29, 1.82) is 0 Å². The van der Waals surface area contributed by atoms with Gasteiger partial charge < -0.3 is 19.0 Å². The average Bonchev–Trinajstić information content (AvgIpc) is 3.00. The Kier molecular flexibility index (Phi) is 5.59. The molecule has 7 nitrogen and oxygen atoms in total. The van der Waals surface area contributed by atoms with E-state index in [2.05, 4.69) is 5.48 Å². The molecule has 2 N–H and O–H groups in total. The fourth-order valence-corrected chi connectivity index (χ4v) is 4.04. The first-order valence-corrected chi connectivity index (χ1v) is 8.88. The van der Waals surface area contributed by atoms with E-state index < -0.39 is 19.2 Å². The Morgan fingerprint density at radius 2 is 2.00 bits per heavy atom. The molecular formula is C15H20NO6P. The molecule has 0 saturated heterocycles. The minimum Gasteiger partial charge on any atom is -0.507 e. The summed E-state index contributed by atoms with van der Waals surface area (Å²) in [6.07, 6.45) is 1.17. The molecule has 0 saturated carbocycles. The van der Waals surface area contributed by atoms with Crippen molar-refractivity contribution in [3.63, 3.8) is 0 Å². The molecular weight excluding hydrogens is 321 g/mol. The van der Waals surface area contributed by atoms with Gasteiger partial charge in [-0.05, 0) is 32.9 Å². The zero-order chi connectivity index (χ0) is 17.0. The molecule has 8 heteroatoms. The molecule has 0 spiro atoms. The van der Waals surface area contributed by atoms with Gasteiger partial charge in [-0.15, -0.1) is 5.48 Å². The maximum absolute atomic E-state index is 12.9. The van der Waals surface area contributed by atoms with E-state index in [1.54, 1.807) is 32.9 Å². The van der Waals surface area contributed by atoms with Gasteiger partial charge in [0.05, 0.1) is 24.4 Å². The number of phenols is 1. The monoisotopic (exact) mass is 341 g/mol. The highest BCUT2D eigenvalue weighted by atomic mass is 31.2. The van der Waals surface area contributed by atoms with Crippen molar-refractivity contribution in [1.82, 2.24) is 5.48 Å². The molecule has 0 aromatic heterocycles. The number of phenolic OH excluding ortho intramolecular Hbond substituents is 1. The summed E-state index contributed by atoms with van der Waals surface area (Å²) in [5.41, 5.74) is 3.49. The number of hydroxylamine groups is 1. The highest BCUT2D eigenvalue weighted by Crippen LogP contribution is 2.55. The van der Waals surface area contributed by atoms with Crippen molar-refractivity contribution < 1.29 is 28.4 Å². The van der Waals surface area contributed by atoms with Crippen molar-refractivity contribution in [2.75, 3.05) is 13.2 Å². The van der Waals surface area contributed by atoms with Gasteiger partial charge in [-0.2, -0.15) is 0 Å². The van der Waals surface area contributed by atoms with E-state index in [-0.39, 0.29) is 30.1 Å². The number of ketones is 1. The zero-order valence-corrected chi connectivity index (χ0v) is 14.1. The third-order valence-electron chi connectivity index (χ3n) is 3.25. The summed E-state index contributed by atoms with van der Waals surface area (Å²) in [6, 6.07) is 4.68. The number of rotatable bonds is 7. The molecule has 0 radical (unpaired) electrons. The molecule has 1 aromatic rings. The molecule has 0 aliphatic carbocycles. The number of nitrogens with one attached hydrogen (secondary N) is 1.